The van der Waals surface area contributed by atoms with Crippen LogP contribution in [0.5, 0.6) is 0 Å². The van der Waals surface area contributed by atoms with Crippen LogP contribution in [-0.2, 0) is 19.4 Å². The topological polar surface area (TPSA) is 50.9 Å². The standard InChI is InChI=1S/C11H11N3O/c15-6-9-11-4-3-8-10(2-1-5-12-8)14(11)7-13-9/h1-2,5,7,15H,3-4,6H2. The van der Waals surface area contributed by atoms with Gasteiger partial charge >= 0.3 is 0 Å². The van der Waals surface area contributed by atoms with Crippen molar-refractivity contribution in [1.82, 2.24) is 14.5 Å². The van der Waals surface area contributed by atoms with Crippen LogP contribution in [0.3, 0.4) is 0 Å². The Morgan fingerprint density at radius 2 is 2.27 bits per heavy atom. The molecule has 3 rings (SSSR count). The second kappa shape index (κ2) is 3.17. The molecule has 0 amide bonds. The summed E-state index contributed by atoms with van der Waals surface area (Å²) in [6.45, 7) is 0.0118. The van der Waals surface area contributed by atoms with Crippen molar-refractivity contribution in [3.8, 4) is 5.69 Å². The summed E-state index contributed by atoms with van der Waals surface area (Å²) in [6.07, 6.45) is 5.41. The number of rotatable bonds is 1. The maximum Gasteiger partial charge on any atom is 0.0999 e. The van der Waals surface area contributed by atoms with Crippen molar-refractivity contribution >= 4 is 0 Å². The van der Waals surface area contributed by atoms with Gasteiger partial charge in [-0.2, -0.15) is 0 Å². The summed E-state index contributed by atoms with van der Waals surface area (Å²) >= 11 is 0. The number of aliphatic hydroxyl groups is 1. The minimum absolute atomic E-state index is 0.0118. The van der Waals surface area contributed by atoms with E-state index in [2.05, 4.69) is 9.97 Å². The molecule has 76 valence electrons. The smallest absolute Gasteiger partial charge is 0.0999 e. The molecule has 2 aromatic heterocycles. The first-order valence-corrected chi connectivity index (χ1v) is 5.00. The number of aryl methyl sites for hydroxylation is 1. The highest BCUT2D eigenvalue weighted by Gasteiger charge is 2.19. The minimum atomic E-state index is 0.0118. The van der Waals surface area contributed by atoms with Crippen LogP contribution >= 0.6 is 0 Å². The van der Waals surface area contributed by atoms with Crippen molar-refractivity contribution in [2.75, 3.05) is 0 Å². The molecular formula is C11H11N3O. The van der Waals surface area contributed by atoms with Gasteiger partial charge in [-0.15, -0.1) is 0 Å². The Bertz CT molecular complexity index is 504. The van der Waals surface area contributed by atoms with Gasteiger partial charge in [0.1, 0.15) is 0 Å². The van der Waals surface area contributed by atoms with Gasteiger partial charge < -0.3 is 9.67 Å². The van der Waals surface area contributed by atoms with Gasteiger partial charge in [0.2, 0.25) is 0 Å². The Morgan fingerprint density at radius 3 is 3.13 bits per heavy atom. The second-order valence-corrected chi connectivity index (χ2v) is 3.64. The number of aliphatic hydroxyl groups excluding tert-OH is 1. The van der Waals surface area contributed by atoms with Crippen LogP contribution in [0.2, 0.25) is 0 Å². The molecule has 0 bridgehead atoms. The molecule has 1 aliphatic heterocycles. The predicted octanol–water partition coefficient (Wildman–Crippen LogP) is 0.858. The normalized spacial score (nSPS) is 13.4. The second-order valence-electron chi connectivity index (χ2n) is 3.64. The Kier molecular flexibility index (Phi) is 1.82. The van der Waals surface area contributed by atoms with Gasteiger partial charge in [-0.25, -0.2) is 4.98 Å². The maximum atomic E-state index is 9.14. The van der Waals surface area contributed by atoms with Crippen molar-refractivity contribution in [2.45, 2.75) is 19.4 Å². The molecule has 0 unspecified atom stereocenters. The third kappa shape index (κ3) is 1.18. The molecule has 0 aliphatic carbocycles. The number of hydrogen-bond donors (Lipinski definition) is 1. The van der Waals surface area contributed by atoms with E-state index < -0.39 is 0 Å². The lowest BCUT2D eigenvalue weighted by Crippen LogP contribution is -2.13. The largest absolute Gasteiger partial charge is 0.390 e. The number of hydrogen-bond acceptors (Lipinski definition) is 3. The molecule has 0 fully saturated rings. The van der Waals surface area contributed by atoms with Crippen molar-refractivity contribution < 1.29 is 5.11 Å². The average Bonchev–Trinajstić information content (AvgIpc) is 2.72. The lowest BCUT2D eigenvalue weighted by molar-refractivity contribution is 0.276. The van der Waals surface area contributed by atoms with Gasteiger partial charge in [-0.05, 0) is 25.0 Å². The Morgan fingerprint density at radius 1 is 1.33 bits per heavy atom. The SMILES string of the molecule is OCc1ncn2c1CCc1ncccc1-2. The summed E-state index contributed by atoms with van der Waals surface area (Å²) in [7, 11) is 0. The number of imidazole rings is 1. The van der Waals surface area contributed by atoms with Gasteiger partial charge in [0.25, 0.3) is 0 Å². The van der Waals surface area contributed by atoms with Crippen LogP contribution in [0.1, 0.15) is 17.1 Å². The van der Waals surface area contributed by atoms with Crippen molar-refractivity contribution in [1.29, 1.82) is 0 Å². The summed E-state index contributed by atoms with van der Waals surface area (Å²) < 4.78 is 2.03. The first-order valence-electron chi connectivity index (χ1n) is 5.00. The first kappa shape index (κ1) is 8.61. The number of aromatic nitrogens is 3. The molecule has 0 saturated heterocycles. The highest BCUT2D eigenvalue weighted by Crippen LogP contribution is 2.24. The first-order chi connectivity index (χ1) is 7.40. The van der Waals surface area contributed by atoms with Gasteiger partial charge in [0, 0.05) is 11.9 Å². The van der Waals surface area contributed by atoms with Crippen LogP contribution < -0.4 is 0 Å². The van der Waals surface area contributed by atoms with Gasteiger partial charge in [-0.3, -0.25) is 4.98 Å². The van der Waals surface area contributed by atoms with Crippen LogP contribution in [0.25, 0.3) is 5.69 Å². The fourth-order valence-electron chi connectivity index (χ4n) is 2.09. The van der Waals surface area contributed by atoms with Gasteiger partial charge in [-0.1, -0.05) is 0 Å². The molecule has 0 aromatic carbocycles. The molecule has 0 radical (unpaired) electrons. The van der Waals surface area contributed by atoms with Gasteiger partial charge in [0.05, 0.1) is 30.0 Å². The average molecular weight is 201 g/mol. The zero-order valence-electron chi connectivity index (χ0n) is 8.22. The van der Waals surface area contributed by atoms with Crippen LogP contribution in [0, 0.1) is 0 Å². The van der Waals surface area contributed by atoms with E-state index in [-0.39, 0.29) is 6.61 Å². The number of nitrogens with zero attached hydrogens (tertiary/aromatic N) is 3. The monoisotopic (exact) mass is 201 g/mol. The van der Waals surface area contributed by atoms with E-state index in [1.807, 2.05) is 22.9 Å². The van der Waals surface area contributed by atoms with Crippen molar-refractivity contribution in [3.63, 3.8) is 0 Å². The molecular weight excluding hydrogens is 190 g/mol. The van der Waals surface area contributed by atoms with Gasteiger partial charge in [0.15, 0.2) is 0 Å². The molecule has 1 aliphatic rings. The molecule has 3 heterocycles. The van der Waals surface area contributed by atoms with E-state index in [1.165, 1.54) is 0 Å². The highest BCUT2D eigenvalue weighted by molar-refractivity contribution is 5.42. The summed E-state index contributed by atoms with van der Waals surface area (Å²) in [6, 6.07) is 3.96. The molecule has 4 heteroatoms. The van der Waals surface area contributed by atoms with E-state index in [0.717, 1.165) is 35.6 Å². The lowest BCUT2D eigenvalue weighted by atomic mass is 10.1. The van der Waals surface area contributed by atoms with Crippen molar-refractivity contribution in [2.24, 2.45) is 0 Å². The summed E-state index contributed by atoms with van der Waals surface area (Å²) in [5.74, 6) is 0. The van der Waals surface area contributed by atoms with E-state index in [4.69, 9.17) is 5.11 Å². The quantitative estimate of drug-likeness (QED) is 0.744. The van der Waals surface area contributed by atoms with Crippen LogP contribution in [0.15, 0.2) is 24.7 Å². The molecule has 15 heavy (non-hydrogen) atoms. The maximum absolute atomic E-state index is 9.14. The highest BCUT2D eigenvalue weighted by atomic mass is 16.3. The number of pyridine rings is 1. The third-order valence-electron chi connectivity index (χ3n) is 2.83. The molecule has 0 atom stereocenters. The molecule has 0 spiro atoms. The van der Waals surface area contributed by atoms with Crippen molar-refractivity contribution in [3.05, 3.63) is 41.7 Å². The van der Waals surface area contributed by atoms with E-state index in [1.54, 1.807) is 6.33 Å². The Hall–Kier alpha value is -1.68. The third-order valence-corrected chi connectivity index (χ3v) is 2.83. The van der Waals surface area contributed by atoms with E-state index in [9.17, 15) is 0 Å². The predicted molar refractivity (Wildman–Crippen MR) is 54.7 cm³/mol. The molecule has 0 saturated carbocycles. The van der Waals surface area contributed by atoms with Crippen LogP contribution in [0.4, 0.5) is 0 Å². The molecule has 4 nitrogen and oxygen atoms in total. The Labute approximate surface area is 87.2 Å². The minimum Gasteiger partial charge on any atom is -0.390 e. The zero-order chi connectivity index (χ0) is 10.3. The van der Waals surface area contributed by atoms with Crippen LogP contribution in [-0.4, -0.2) is 19.6 Å². The summed E-state index contributed by atoms with van der Waals surface area (Å²) in [5, 5.41) is 9.14. The van der Waals surface area contributed by atoms with E-state index >= 15 is 0 Å². The summed E-state index contributed by atoms with van der Waals surface area (Å²) in [4.78, 5) is 8.54. The number of fused-ring (bicyclic) bond motifs is 3. The fraction of sp³-hybridized carbons (Fsp3) is 0.273. The fourth-order valence-corrected chi connectivity index (χ4v) is 2.09. The molecule has 1 N–H and O–H groups in total. The zero-order valence-corrected chi connectivity index (χ0v) is 8.22. The Balaban J connectivity index is 2.22. The van der Waals surface area contributed by atoms with E-state index in [0.29, 0.717) is 0 Å². The summed E-state index contributed by atoms with van der Waals surface area (Å²) in [5.41, 5.74) is 4.08. The molecule has 2 aromatic rings. The lowest BCUT2D eigenvalue weighted by Gasteiger charge is -2.17.